The fraction of sp³-hybridized carbons (Fsp3) is 0.333. The van der Waals surface area contributed by atoms with E-state index in [-0.39, 0.29) is 23.8 Å². The molecule has 2 N–H and O–H groups in total. The Kier molecular flexibility index (Phi) is 6.81. The molecule has 0 spiro atoms. The second-order valence-corrected chi connectivity index (χ2v) is 7.17. The maximum Gasteiger partial charge on any atom is 0.252 e. The molecule has 0 heterocycles. The van der Waals surface area contributed by atoms with Crippen LogP contribution in [0.2, 0.25) is 5.02 Å². The summed E-state index contributed by atoms with van der Waals surface area (Å²) in [5.41, 5.74) is 2.29. The second kappa shape index (κ2) is 8.86. The Labute approximate surface area is 159 Å². The molecule has 0 saturated carbocycles. The molecular formula is C21H25ClN2O2. The predicted octanol–water partition coefficient (Wildman–Crippen LogP) is 4.28. The minimum atomic E-state index is -0.632. The average Bonchev–Trinajstić information content (AvgIpc) is 2.59. The van der Waals surface area contributed by atoms with Gasteiger partial charge in [0.15, 0.2) is 0 Å². The van der Waals surface area contributed by atoms with Gasteiger partial charge in [-0.05, 0) is 43.0 Å². The Hall–Kier alpha value is -2.33. The maximum atomic E-state index is 12.8. The number of carbonyl (C=O) groups excluding carboxylic acids is 2. The molecule has 0 aliphatic heterocycles. The lowest BCUT2D eigenvalue weighted by Gasteiger charge is -2.25. The molecule has 2 unspecified atom stereocenters. The lowest BCUT2D eigenvalue weighted by Crippen LogP contribution is -2.50. The molecule has 2 rings (SSSR count). The van der Waals surface area contributed by atoms with Crippen LogP contribution in [0.25, 0.3) is 0 Å². The van der Waals surface area contributed by atoms with Crippen LogP contribution in [0.5, 0.6) is 0 Å². The van der Waals surface area contributed by atoms with Crippen LogP contribution in [0.4, 0.5) is 0 Å². The van der Waals surface area contributed by atoms with Gasteiger partial charge < -0.3 is 10.6 Å². The van der Waals surface area contributed by atoms with E-state index in [1.54, 1.807) is 12.1 Å². The minimum absolute atomic E-state index is 0.0542. The zero-order valence-corrected chi connectivity index (χ0v) is 16.3. The molecule has 0 aromatic heterocycles. The summed E-state index contributed by atoms with van der Waals surface area (Å²) in [5.74, 6) is -0.530. The Balaban J connectivity index is 2.11. The standard InChI is InChI=1S/C21H25ClN2O2/c1-13(2)19(24-20(25)16-10-6-5-9-14(16)3)21(26)23-15(4)17-11-7-8-12-18(17)22/h5-13,15,19H,1-4H3,(H,23,26)(H,24,25). The van der Waals surface area contributed by atoms with Crippen molar-refractivity contribution in [2.75, 3.05) is 0 Å². The van der Waals surface area contributed by atoms with Crippen molar-refractivity contribution in [3.05, 3.63) is 70.2 Å². The highest BCUT2D eigenvalue weighted by Gasteiger charge is 2.26. The van der Waals surface area contributed by atoms with Gasteiger partial charge in [-0.3, -0.25) is 9.59 Å². The van der Waals surface area contributed by atoms with E-state index in [4.69, 9.17) is 11.6 Å². The molecule has 26 heavy (non-hydrogen) atoms. The average molecular weight is 373 g/mol. The van der Waals surface area contributed by atoms with Crippen molar-refractivity contribution < 1.29 is 9.59 Å². The highest BCUT2D eigenvalue weighted by Crippen LogP contribution is 2.22. The fourth-order valence-electron chi connectivity index (χ4n) is 2.79. The van der Waals surface area contributed by atoms with E-state index in [1.165, 1.54) is 0 Å². The molecule has 0 radical (unpaired) electrons. The molecular weight excluding hydrogens is 348 g/mol. The monoisotopic (exact) mass is 372 g/mol. The first-order valence-corrected chi connectivity index (χ1v) is 9.10. The van der Waals surface area contributed by atoms with E-state index in [2.05, 4.69) is 10.6 Å². The Morgan fingerprint density at radius 2 is 1.54 bits per heavy atom. The van der Waals surface area contributed by atoms with Crippen LogP contribution >= 0.6 is 11.6 Å². The zero-order chi connectivity index (χ0) is 19.3. The largest absolute Gasteiger partial charge is 0.348 e. The van der Waals surface area contributed by atoms with Gasteiger partial charge >= 0.3 is 0 Å². The topological polar surface area (TPSA) is 58.2 Å². The minimum Gasteiger partial charge on any atom is -0.348 e. The molecule has 2 aromatic rings. The SMILES string of the molecule is Cc1ccccc1C(=O)NC(C(=O)NC(C)c1ccccc1Cl)C(C)C. The Bertz CT molecular complexity index is 789. The summed E-state index contributed by atoms with van der Waals surface area (Å²) in [5, 5.41) is 6.41. The summed E-state index contributed by atoms with van der Waals surface area (Å²) < 4.78 is 0. The quantitative estimate of drug-likeness (QED) is 0.795. The second-order valence-electron chi connectivity index (χ2n) is 6.76. The highest BCUT2D eigenvalue weighted by atomic mass is 35.5. The highest BCUT2D eigenvalue weighted by molar-refractivity contribution is 6.31. The number of benzene rings is 2. The summed E-state index contributed by atoms with van der Waals surface area (Å²) in [6.45, 7) is 7.56. The number of rotatable bonds is 6. The van der Waals surface area contributed by atoms with Crippen molar-refractivity contribution in [2.24, 2.45) is 5.92 Å². The van der Waals surface area contributed by atoms with Crippen molar-refractivity contribution in [2.45, 2.75) is 39.8 Å². The van der Waals surface area contributed by atoms with Crippen molar-refractivity contribution in [1.82, 2.24) is 10.6 Å². The summed E-state index contributed by atoms with van der Waals surface area (Å²) in [6, 6.07) is 13.8. The first kappa shape index (κ1) is 20.0. The zero-order valence-electron chi connectivity index (χ0n) is 15.5. The van der Waals surface area contributed by atoms with Gasteiger partial charge in [0.1, 0.15) is 6.04 Å². The number of hydrogen-bond donors (Lipinski definition) is 2. The van der Waals surface area contributed by atoms with E-state index in [0.29, 0.717) is 10.6 Å². The third-order valence-electron chi connectivity index (χ3n) is 4.36. The van der Waals surface area contributed by atoms with Gasteiger partial charge in [-0.25, -0.2) is 0 Å². The summed E-state index contributed by atoms with van der Waals surface area (Å²) in [6.07, 6.45) is 0. The van der Waals surface area contributed by atoms with E-state index in [9.17, 15) is 9.59 Å². The Morgan fingerprint density at radius 3 is 2.15 bits per heavy atom. The Morgan fingerprint density at radius 1 is 0.923 bits per heavy atom. The van der Waals surface area contributed by atoms with Crippen LogP contribution in [-0.4, -0.2) is 17.9 Å². The number of hydrogen-bond acceptors (Lipinski definition) is 2. The van der Waals surface area contributed by atoms with Gasteiger partial charge in [0.2, 0.25) is 5.91 Å². The number of nitrogens with one attached hydrogen (secondary N) is 2. The maximum absolute atomic E-state index is 12.8. The van der Waals surface area contributed by atoms with Crippen LogP contribution in [-0.2, 0) is 4.79 Å². The predicted molar refractivity (Wildman–Crippen MR) is 105 cm³/mol. The normalized spacial score (nSPS) is 13.2. The van der Waals surface area contributed by atoms with Crippen molar-refractivity contribution in [3.63, 3.8) is 0 Å². The van der Waals surface area contributed by atoms with E-state index >= 15 is 0 Å². The summed E-state index contributed by atoms with van der Waals surface area (Å²) in [4.78, 5) is 25.3. The molecule has 2 amide bonds. The number of aryl methyl sites for hydroxylation is 1. The molecule has 0 aliphatic rings. The van der Waals surface area contributed by atoms with Crippen LogP contribution in [0.1, 0.15) is 48.3 Å². The lowest BCUT2D eigenvalue weighted by atomic mass is 10.0. The molecule has 0 aliphatic carbocycles. The van der Waals surface area contributed by atoms with Gasteiger partial charge in [-0.15, -0.1) is 0 Å². The molecule has 5 heteroatoms. The fourth-order valence-corrected chi connectivity index (χ4v) is 3.09. The first-order valence-electron chi connectivity index (χ1n) is 8.72. The molecule has 0 fully saturated rings. The molecule has 2 aromatic carbocycles. The van der Waals surface area contributed by atoms with Crippen molar-refractivity contribution >= 4 is 23.4 Å². The van der Waals surface area contributed by atoms with E-state index < -0.39 is 6.04 Å². The van der Waals surface area contributed by atoms with Crippen molar-refractivity contribution in [1.29, 1.82) is 0 Å². The van der Waals surface area contributed by atoms with E-state index in [0.717, 1.165) is 11.1 Å². The molecule has 0 bridgehead atoms. The van der Waals surface area contributed by atoms with Gasteiger partial charge in [0.25, 0.3) is 5.91 Å². The smallest absolute Gasteiger partial charge is 0.252 e. The molecule has 138 valence electrons. The molecule has 2 atom stereocenters. The van der Waals surface area contributed by atoms with Crippen LogP contribution in [0, 0.1) is 12.8 Å². The number of halogens is 1. The van der Waals surface area contributed by atoms with E-state index in [1.807, 2.05) is 64.1 Å². The van der Waals surface area contributed by atoms with Gasteiger partial charge in [-0.1, -0.05) is 61.8 Å². The van der Waals surface area contributed by atoms with Gasteiger partial charge in [-0.2, -0.15) is 0 Å². The third kappa shape index (κ3) is 4.85. The summed E-state index contributed by atoms with van der Waals surface area (Å²) in [7, 11) is 0. The van der Waals surface area contributed by atoms with Crippen LogP contribution in [0.3, 0.4) is 0 Å². The van der Waals surface area contributed by atoms with Crippen molar-refractivity contribution in [3.8, 4) is 0 Å². The molecule has 4 nitrogen and oxygen atoms in total. The van der Waals surface area contributed by atoms with Gasteiger partial charge in [0, 0.05) is 10.6 Å². The van der Waals surface area contributed by atoms with Crippen LogP contribution in [0.15, 0.2) is 48.5 Å². The summed E-state index contributed by atoms with van der Waals surface area (Å²) >= 11 is 6.21. The third-order valence-corrected chi connectivity index (χ3v) is 4.70. The van der Waals surface area contributed by atoms with Crippen LogP contribution < -0.4 is 10.6 Å². The number of carbonyl (C=O) groups is 2. The number of amides is 2. The lowest BCUT2D eigenvalue weighted by molar-refractivity contribution is -0.124. The first-order chi connectivity index (χ1) is 12.3. The van der Waals surface area contributed by atoms with Gasteiger partial charge in [0.05, 0.1) is 6.04 Å². The molecule has 0 saturated heterocycles.